The molecule has 0 aliphatic carbocycles. The molecule has 8 nitrogen and oxygen atoms in total. The number of primary amides is 1. The van der Waals surface area contributed by atoms with Crippen LogP contribution >= 0.6 is 0 Å². The van der Waals surface area contributed by atoms with Crippen LogP contribution in [0.25, 0.3) is 0 Å². The van der Waals surface area contributed by atoms with Gasteiger partial charge in [-0.15, -0.1) is 0 Å². The third kappa shape index (κ3) is 7.08. The highest BCUT2D eigenvalue weighted by Crippen LogP contribution is 2.16. The molecule has 0 spiro atoms. The average Bonchev–Trinajstić information content (AvgIpc) is 2.44. The van der Waals surface area contributed by atoms with Crippen molar-refractivity contribution in [3.8, 4) is 5.88 Å². The van der Waals surface area contributed by atoms with E-state index in [1.807, 2.05) is 13.8 Å². The Hall–Kier alpha value is -2.16. The van der Waals surface area contributed by atoms with Crippen molar-refractivity contribution < 1.29 is 22.7 Å². The molecular weight excluding hydrogens is 346 g/mol. The van der Waals surface area contributed by atoms with E-state index >= 15 is 0 Å². The summed E-state index contributed by atoms with van der Waals surface area (Å²) in [7, 11) is -3.57. The summed E-state index contributed by atoms with van der Waals surface area (Å²) in [5, 5.41) is 2.20. The third-order valence-electron chi connectivity index (χ3n) is 3.11. The summed E-state index contributed by atoms with van der Waals surface area (Å²) in [6.07, 6.45) is -0.559. The van der Waals surface area contributed by atoms with Gasteiger partial charge in [-0.05, 0) is 24.3 Å². The van der Waals surface area contributed by atoms with Gasteiger partial charge in [-0.25, -0.2) is 18.2 Å². The van der Waals surface area contributed by atoms with E-state index in [9.17, 15) is 18.0 Å². The van der Waals surface area contributed by atoms with Gasteiger partial charge >= 0.3 is 6.09 Å². The maximum Gasteiger partial charge on any atom is 0.414 e. The highest BCUT2D eigenvalue weighted by Gasteiger charge is 2.22. The molecule has 140 valence electrons. The summed E-state index contributed by atoms with van der Waals surface area (Å²) in [6, 6.07) is 3.26. The predicted molar refractivity (Wildman–Crippen MR) is 92.7 cm³/mol. The van der Waals surface area contributed by atoms with E-state index in [0.29, 0.717) is 6.42 Å². The monoisotopic (exact) mass is 371 g/mol. The standard InChI is InChI=1S/C16H25N3O5S/c1-10(2)8-12(15(17)20)18-16(21)24-13-6-5-7-14(19-13)25(22,23)9-11(3)4/h5-7,10-12H,8-9H2,1-4H3,(H2,17,20)(H,18,21)/t12-/m0/s1. The minimum Gasteiger partial charge on any atom is -0.391 e. The second-order valence-electron chi connectivity index (χ2n) is 6.61. The number of hydrogen-bond donors (Lipinski definition) is 2. The first-order chi connectivity index (χ1) is 11.5. The van der Waals surface area contributed by atoms with Crippen LogP contribution in [-0.2, 0) is 14.6 Å². The van der Waals surface area contributed by atoms with Crippen LogP contribution in [0.2, 0.25) is 0 Å². The molecule has 0 aliphatic heterocycles. The van der Waals surface area contributed by atoms with Crippen LogP contribution in [0.15, 0.2) is 23.2 Å². The zero-order valence-electron chi connectivity index (χ0n) is 14.9. The fraction of sp³-hybridized carbons (Fsp3) is 0.562. The number of sulfone groups is 1. The maximum absolute atomic E-state index is 12.2. The molecule has 1 rings (SSSR count). The molecule has 1 aromatic heterocycles. The number of nitrogens with two attached hydrogens (primary N) is 1. The number of pyridine rings is 1. The Balaban J connectivity index is 2.85. The lowest BCUT2D eigenvalue weighted by Crippen LogP contribution is -2.46. The minimum atomic E-state index is -3.57. The van der Waals surface area contributed by atoms with Crippen molar-refractivity contribution in [2.45, 2.75) is 45.2 Å². The summed E-state index contributed by atoms with van der Waals surface area (Å²) in [6.45, 7) is 7.33. The van der Waals surface area contributed by atoms with Crippen molar-refractivity contribution in [3.05, 3.63) is 18.2 Å². The normalized spacial score (nSPS) is 12.9. The smallest absolute Gasteiger partial charge is 0.391 e. The fourth-order valence-electron chi connectivity index (χ4n) is 2.13. The topological polar surface area (TPSA) is 128 Å². The molecule has 0 aliphatic rings. The van der Waals surface area contributed by atoms with E-state index < -0.39 is 27.9 Å². The van der Waals surface area contributed by atoms with Crippen molar-refractivity contribution >= 4 is 21.8 Å². The number of aromatic nitrogens is 1. The molecule has 0 bridgehead atoms. The molecule has 2 amide bonds. The van der Waals surface area contributed by atoms with Crippen molar-refractivity contribution in [1.29, 1.82) is 0 Å². The molecule has 3 N–H and O–H groups in total. The van der Waals surface area contributed by atoms with Crippen molar-refractivity contribution in [2.24, 2.45) is 17.6 Å². The molecule has 25 heavy (non-hydrogen) atoms. The van der Waals surface area contributed by atoms with Gasteiger partial charge in [0.1, 0.15) is 6.04 Å². The van der Waals surface area contributed by atoms with Gasteiger partial charge in [0.25, 0.3) is 0 Å². The quantitative estimate of drug-likeness (QED) is 0.712. The molecule has 1 atom stereocenters. The molecule has 0 aromatic carbocycles. The lowest BCUT2D eigenvalue weighted by atomic mass is 10.0. The van der Waals surface area contributed by atoms with Gasteiger partial charge in [-0.3, -0.25) is 4.79 Å². The van der Waals surface area contributed by atoms with Crippen molar-refractivity contribution in [3.63, 3.8) is 0 Å². The van der Waals surface area contributed by atoms with Crippen LogP contribution in [0, 0.1) is 11.8 Å². The van der Waals surface area contributed by atoms with Crippen LogP contribution in [0.1, 0.15) is 34.1 Å². The van der Waals surface area contributed by atoms with E-state index in [1.165, 1.54) is 18.2 Å². The first kappa shape index (κ1) is 20.9. The van der Waals surface area contributed by atoms with E-state index in [1.54, 1.807) is 13.8 Å². The molecule has 9 heteroatoms. The summed E-state index contributed by atoms with van der Waals surface area (Å²) in [4.78, 5) is 27.1. The van der Waals surface area contributed by atoms with Gasteiger partial charge in [0.15, 0.2) is 14.9 Å². The van der Waals surface area contributed by atoms with Crippen LogP contribution in [0.3, 0.4) is 0 Å². The summed E-state index contributed by atoms with van der Waals surface area (Å²) >= 11 is 0. The van der Waals surface area contributed by atoms with E-state index in [0.717, 1.165) is 0 Å². The first-order valence-electron chi connectivity index (χ1n) is 7.98. The highest BCUT2D eigenvalue weighted by molar-refractivity contribution is 7.91. The summed E-state index contributed by atoms with van der Waals surface area (Å²) in [5.41, 5.74) is 5.25. The Labute approximate surface area is 148 Å². The van der Waals surface area contributed by atoms with Crippen LogP contribution < -0.4 is 15.8 Å². The molecule has 0 fully saturated rings. The number of rotatable bonds is 8. The molecular formula is C16H25N3O5S. The molecule has 1 aromatic rings. The van der Waals surface area contributed by atoms with Gasteiger partial charge in [-0.1, -0.05) is 33.8 Å². The molecule has 0 radical (unpaired) electrons. The second kappa shape index (κ2) is 8.80. The van der Waals surface area contributed by atoms with E-state index in [4.69, 9.17) is 10.5 Å². The Morgan fingerprint density at radius 1 is 1.20 bits per heavy atom. The van der Waals surface area contributed by atoms with Crippen molar-refractivity contribution in [1.82, 2.24) is 10.3 Å². The maximum atomic E-state index is 12.2. The molecule has 1 heterocycles. The predicted octanol–water partition coefficient (Wildman–Crippen LogP) is 1.50. The Bertz CT molecular complexity index is 716. The zero-order chi connectivity index (χ0) is 19.2. The Morgan fingerprint density at radius 3 is 2.36 bits per heavy atom. The number of ether oxygens (including phenoxy) is 1. The zero-order valence-corrected chi connectivity index (χ0v) is 15.7. The largest absolute Gasteiger partial charge is 0.414 e. The van der Waals surface area contributed by atoms with Crippen molar-refractivity contribution in [2.75, 3.05) is 5.75 Å². The third-order valence-corrected chi connectivity index (χ3v) is 5.08. The van der Waals surface area contributed by atoms with E-state index in [-0.39, 0.29) is 28.5 Å². The van der Waals surface area contributed by atoms with Gasteiger partial charge in [-0.2, -0.15) is 0 Å². The Kier molecular flexibility index (Phi) is 7.35. The second-order valence-corrected chi connectivity index (χ2v) is 8.59. The number of amides is 2. The first-order valence-corrected chi connectivity index (χ1v) is 9.64. The fourth-order valence-corrected chi connectivity index (χ4v) is 3.70. The number of nitrogens with zero attached hydrogens (tertiary/aromatic N) is 1. The summed E-state index contributed by atoms with van der Waals surface area (Å²) < 4.78 is 29.4. The number of nitrogens with one attached hydrogen (secondary N) is 1. The molecule has 0 saturated heterocycles. The molecule has 0 unspecified atom stereocenters. The van der Waals surface area contributed by atoms with Crippen LogP contribution in [-0.4, -0.2) is 37.2 Å². The van der Waals surface area contributed by atoms with Gasteiger partial charge in [0.2, 0.25) is 11.8 Å². The highest BCUT2D eigenvalue weighted by atomic mass is 32.2. The van der Waals surface area contributed by atoms with Crippen LogP contribution in [0.5, 0.6) is 5.88 Å². The molecule has 0 saturated carbocycles. The van der Waals surface area contributed by atoms with Gasteiger partial charge in [0, 0.05) is 6.07 Å². The minimum absolute atomic E-state index is 0.0617. The van der Waals surface area contributed by atoms with E-state index in [2.05, 4.69) is 10.3 Å². The number of hydrogen-bond acceptors (Lipinski definition) is 6. The number of carbonyl (C=O) groups is 2. The Morgan fingerprint density at radius 2 is 1.84 bits per heavy atom. The van der Waals surface area contributed by atoms with Gasteiger partial charge < -0.3 is 15.8 Å². The lowest BCUT2D eigenvalue weighted by molar-refractivity contribution is -0.120. The average molecular weight is 371 g/mol. The van der Waals surface area contributed by atoms with Gasteiger partial charge in [0.05, 0.1) is 5.75 Å². The summed E-state index contributed by atoms with van der Waals surface area (Å²) in [5.74, 6) is -0.831. The number of carbonyl (C=O) groups excluding carboxylic acids is 2. The van der Waals surface area contributed by atoms with Crippen LogP contribution in [0.4, 0.5) is 4.79 Å². The SMILES string of the molecule is CC(C)C[C@H](NC(=O)Oc1cccc(S(=O)(=O)CC(C)C)n1)C(N)=O. The lowest BCUT2D eigenvalue weighted by Gasteiger charge is -2.17.